The Morgan fingerprint density at radius 2 is 1.87 bits per heavy atom. The lowest BCUT2D eigenvalue weighted by molar-refractivity contribution is -0.161. The van der Waals surface area contributed by atoms with Crippen LogP contribution in [0.25, 0.3) is 11.0 Å². The van der Waals surface area contributed by atoms with Crippen molar-refractivity contribution in [1.82, 2.24) is 25.1 Å². The van der Waals surface area contributed by atoms with Gasteiger partial charge in [0.1, 0.15) is 17.4 Å². The van der Waals surface area contributed by atoms with Gasteiger partial charge in [0.05, 0.1) is 17.1 Å². The lowest BCUT2D eigenvalue weighted by Crippen LogP contribution is -2.72. The van der Waals surface area contributed by atoms with Crippen molar-refractivity contribution in [2.75, 3.05) is 19.6 Å². The molecule has 0 bridgehead atoms. The molecule has 2 atom stereocenters. The number of piperidine rings is 1. The normalized spacial score (nSPS) is 23.4. The minimum absolute atomic E-state index is 0.0191. The molecule has 2 fully saturated rings. The van der Waals surface area contributed by atoms with Crippen LogP contribution in [0.4, 0.5) is 0 Å². The number of benzene rings is 1. The van der Waals surface area contributed by atoms with Crippen molar-refractivity contribution >= 4 is 22.8 Å². The number of likely N-dealkylation sites (tertiary alicyclic amines) is 1. The molecular formula is C23H33N5O2. The topological polar surface area (TPSA) is 81.3 Å². The van der Waals surface area contributed by atoms with E-state index in [0.29, 0.717) is 31.7 Å². The number of para-hydroxylation sites is 2. The molecule has 2 unspecified atom stereocenters. The molecule has 1 aromatic carbocycles. The van der Waals surface area contributed by atoms with Crippen LogP contribution in [0.15, 0.2) is 24.3 Å². The molecule has 2 aliphatic heterocycles. The summed E-state index contributed by atoms with van der Waals surface area (Å²) in [5.74, 6) is 1.40. The van der Waals surface area contributed by atoms with Crippen molar-refractivity contribution < 1.29 is 9.59 Å². The van der Waals surface area contributed by atoms with Gasteiger partial charge in [-0.05, 0) is 51.2 Å². The molecule has 2 saturated heterocycles. The van der Waals surface area contributed by atoms with E-state index in [4.69, 9.17) is 4.98 Å². The zero-order chi connectivity index (χ0) is 21.5. The fourth-order valence-corrected chi connectivity index (χ4v) is 5.09. The molecule has 3 heterocycles. The van der Waals surface area contributed by atoms with E-state index in [2.05, 4.69) is 36.0 Å². The zero-order valence-electron chi connectivity index (χ0n) is 18.4. The number of amides is 2. The summed E-state index contributed by atoms with van der Waals surface area (Å²) in [6.07, 6.45) is 1.99. The number of likely N-dealkylation sites (N-methyl/N-ethyl adjacent to an activating group) is 1. The van der Waals surface area contributed by atoms with Gasteiger partial charge in [0.25, 0.3) is 0 Å². The highest BCUT2D eigenvalue weighted by atomic mass is 16.2. The Morgan fingerprint density at radius 1 is 1.17 bits per heavy atom. The molecule has 0 radical (unpaired) electrons. The Balaban J connectivity index is 1.49. The van der Waals surface area contributed by atoms with Crippen LogP contribution in [-0.4, -0.2) is 62.8 Å². The first-order valence-electron chi connectivity index (χ1n) is 11.2. The third-order valence-electron chi connectivity index (χ3n) is 6.81. The second-order valence-electron chi connectivity index (χ2n) is 9.12. The molecular weight excluding hydrogens is 378 g/mol. The molecule has 1 aromatic heterocycles. The monoisotopic (exact) mass is 411 g/mol. The van der Waals surface area contributed by atoms with E-state index < -0.39 is 11.6 Å². The van der Waals surface area contributed by atoms with Gasteiger partial charge in [0, 0.05) is 19.6 Å². The first kappa shape index (κ1) is 20.8. The number of carbonyl (C=O) groups excluding carboxylic acids is 2. The van der Waals surface area contributed by atoms with E-state index in [1.165, 1.54) is 0 Å². The van der Waals surface area contributed by atoms with Gasteiger partial charge in [-0.1, -0.05) is 26.0 Å². The first-order valence-corrected chi connectivity index (χ1v) is 11.2. The number of nitrogens with zero attached hydrogens (tertiary/aromatic N) is 3. The van der Waals surface area contributed by atoms with Gasteiger partial charge >= 0.3 is 0 Å². The number of hydrogen-bond donors (Lipinski definition) is 2. The molecule has 4 rings (SSSR count). The molecule has 2 N–H and O–H groups in total. The number of piperazine rings is 1. The van der Waals surface area contributed by atoms with Gasteiger partial charge < -0.3 is 15.2 Å². The third kappa shape index (κ3) is 3.49. The molecule has 1 spiro atoms. The van der Waals surface area contributed by atoms with E-state index in [9.17, 15) is 9.59 Å². The van der Waals surface area contributed by atoms with E-state index in [0.717, 1.165) is 29.9 Å². The van der Waals surface area contributed by atoms with E-state index in [1.54, 1.807) is 0 Å². The molecule has 2 aliphatic rings. The summed E-state index contributed by atoms with van der Waals surface area (Å²) in [5.41, 5.74) is 1.29. The maximum Gasteiger partial charge on any atom is 0.246 e. The highest BCUT2D eigenvalue weighted by Crippen LogP contribution is 2.36. The zero-order valence-corrected chi connectivity index (χ0v) is 18.4. The smallest absolute Gasteiger partial charge is 0.246 e. The number of H-pyrrole nitrogens is 1. The summed E-state index contributed by atoms with van der Waals surface area (Å²) >= 11 is 0. The Hall–Kier alpha value is -2.41. The molecule has 2 amide bonds. The highest BCUT2D eigenvalue weighted by Gasteiger charge is 2.53. The van der Waals surface area contributed by atoms with Gasteiger partial charge in [-0.3, -0.25) is 14.5 Å². The molecule has 0 aliphatic carbocycles. The largest absolute Gasteiger partial charge is 0.342 e. The number of rotatable bonds is 5. The minimum atomic E-state index is -0.719. The van der Waals surface area contributed by atoms with Crippen LogP contribution in [-0.2, 0) is 9.59 Å². The van der Waals surface area contributed by atoms with Crippen LogP contribution in [0.3, 0.4) is 0 Å². The number of aromatic amines is 1. The fourth-order valence-electron chi connectivity index (χ4n) is 5.09. The van der Waals surface area contributed by atoms with Crippen molar-refractivity contribution in [3.63, 3.8) is 0 Å². The first-order chi connectivity index (χ1) is 14.4. The number of nitrogens with one attached hydrogen (secondary N) is 2. The van der Waals surface area contributed by atoms with Crippen molar-refractivity contribution in [2.45, 2.75) is 64.6 Å². The SMILES string of the molecule is CCN1C(=O)C(CC(C)C)NC(=O)C12CCN(C(C)c1nc3ccccc3[nH]1)CC2. The summed E-state index contributed by atoms with van der Waals surface area (Å²) in [5, 5.41) is 3.05. The number of fused-ring (bicyclic) bond motifs is 1. The number of carbonyl (C=O) groups is 2. The number of hydrogen-bond acceptors (Lipinski definition) is 4. The average Bonchev–Trinajstić information content (AvgIpc) is 3.16. The predicted molar refractivity (Wildman–Crippen MR) is 117 cm³/mol. The van der Waals surface area contributed by atoms with Gasteiger partial charge in [0.15, 0.2) is 0 Å². The Labute approximate surface area is 178 Å². The third-order valence-corrected chi connectivity index (χ3v) is 6.81. The molecule has 30 heavy (non-hydrogen) atoms. The Bertz CT molecular complexity index is 896. The van der Waals surface area contributed by atoms with Crippen LogP contribution in [0.1, 0.15) is 58.8 Å². The number of imidazole rings is 1. The van der Waals surface area contributed by atoms with Crippen LogP contribution in [0, 0.1) is 5.92 Å². The summed E-state index contributed by atoms with van der Waals surface area (Å²) < 4.78 is 0. The minimum Gasteiger partial charge on any atom is -0.342 e. The van der Waals surface area contributed by atoms with E-state index in [-0.39, 0.29) is 17.9 Å². The van der Waals surface area contributed by atoms with Crippen molar-refractivity contribution in [3.8, 4) is 0 Å². The van der Waals surface area contributed by atoms with Gasteiger partial charge in [-0.15, -0.1) is 0 Å². The molecule has 7 heteroatoms. The molecule has 7 nitrogen and oxygen atoms in total. The summed E-state index contributed by atoms with van der Waals surface area (Å²) in [6.45, 7) is 10.4. The Kier molecular flexibility index (Phi) is 5.57. The van der Waals surface area contributed by atoms with Crippen LogP contribution in [0.2, 0.25) is 0 Å². The van der Waals surface area contributed by atoms with Crippen molar-refractivity contribution in [2.24, 2.45) is 5.92 Å². The second kappa shape index (κ2) is 8.02. The van der Waals surface area contributed by atoms with Gasteiger partial charge in [0.2, 0.25) is 11.8 Å². The number of aromatic nitrogens is 2. The van der Waals surface area contributed by atoms with Crippen LogP contribution < -0.4 is 5.32 Å². The summed E-state index contributed by atoms with van der Waals surface area (Å²) in [4.78, 5) is 38.7. The van der Waals surface area contributed by atoms with Crippen LogP contribution >= 0.6 is 0 Å². The predicted octanol–water partition coefficient (Wildman–Crippen LogP) is 2.85. The van der Waals surface area contributed by atoms with Crippen molar-refractivity contribution in [1.29, 1.82) is 0 Å². The maximum absolute atomic E-state index is 13.2. The van der Waals surface area contributed by atoms with Crippen LogP contribution in [0.5, 0.6) is 0 Å². The van der Waals surface area contributed by atoms with Gasteiger partial charge in [-0.25, -0.2) is 4.98 Å². The van der Waals surface area contributed by atoms with E-state index in [1.807, 2.05) is 36.1 Å². The fraction of sp³-hybridized carbons (Fsp3) is 0.609. The molecule has 2 aromatic rings. The standard InChI is InChI=1S/C23H33N5O2/c1-5-28-21(29)19(14-15(2)3)26-22(30)23(28)10-12-27(13-11-23)16(4)20-24-17-8-6-7-9-18(17)25-20/h6-9,15-16,19H,5,10-14H2,1-4H3,(H,24,25)(H,26,30). The quantitative estimate of drug-likeness (QED) is 0.793. The maximum atomic E-state index is 13.2. The Morgan fingerprint density at radius 3 is 2.50 bits per heavy atom. The average molecular weight is 412 g/mol. The van der Waals surface area contributed by atoms with Crippen molar-refractivity contribution in [3.05, 3.63) is 30.1 Å². The van der Waals surface area contributed by atoms with Gasteiger partial charge in [-0.2, -0.15) is 0 Å². The highest BCUT2D eigenvalue weighted by molar-refractivity contribution is 6.00. The second-order valence-corrected chi connectivity index (χ2v) is 9.12. The lowest BCUT2D eigenvalue weighted by Gasteiger charge is -2.52. The van der Waals surface area contributed by atoms with E-state index >= 15 is 0 Å². The molecule has 162 valence electrons. The lowest BCUT2D eigenvalue weighted by atomic mass is 9.80. The summed E-state index contributed by atoms with van der Waals surface area (Å²) in [6, 6.07) is 7.78. The summed E-state index contributed by atoms with van der Waals surface area (Å²) in [7, 11) is 0. The molecule has 0 saturated carbocycles.